The first-order chi connectivity index (χ1) is 7.50. The van der Waals surface area contributed by atoms with Gasteiger partial charge in [-0.3, -0.25) is 0 Å². The van der Waals surface area contributed by atoms with Crippen LogP contribution in [0.1, 0.15) is 31.9 Å². The molecular weight excluding hydrogens is 205 g/mol. The number of halogens is 1. The van der Waals surface area contributed by atoms with Crippen LogP contribution in [0.25, 0.3) is 0 Å². The van der Waals surface area contributed by atoms with Crippen LogP contribution in [-0.4, -0.2) is 6.61 Å². The normalized spacial score (nSPS) is 12.2. The fraction of sp³-hybridized carbons (Fsp3) is 0.385. The van der Waals surface area contributed by atoms with E-state index >= 15 is 0 Å². The average molecular weight is 223 g/mol. The highest BCUT2D eigenvalue weighted by Crippen LogP contribution is 2.25. The van der Waals surface area contributed by atoms with E-state index < -0.39 is 0 Å². The Labute approximate surface area is 95.9 Å². The zero-order chi connectivity index (χ0) is 12.1. The topological polar surface area (TPSA) is 35.2 Å². The molecule has 3 heteroatoms. The number of hydrogen-bond donors (Lipinski definition) is 1. The molecule has 0 aliphatic rings. The molecule has 0 saturated heterocycles. The molecule has 1 rings (SSSR count). The van der Waals surface area contributed by atoms with Crippen molar-refractivity contribution in [3.05, 3.63) is 41.7 Å². The second-order valence-corrected chi connectivity index (χ2v) is 4.03. The zero-order valence-electron chi connectivity index (χ0n) is 9.79. The molecule has 0 aromatic heterocycles. The molecular formula is C13H18FNO. The van der Waals surface area contributed by atoms with Crippen molar-refractivity contribution >= 4 is 0 Å². The SMILES string of the molecule is C=C(C)CCOc1cc(F)ccc1[C@@H](C)N. The lowest BCUT2D eigenvalue weighted by molar-refractivity contribution is 0.315. The van der Waals surface area contributed by atoms with Gasteiger partial charge in [0.15, 0.2) is 0 Å². The van der Waals surface area contributed by atoms with Crippen LogP contribution >= 0.6 is 0 Å². The maximum atomic E-state index is 13.1. The lowest BCUT2D eigenvalue weighted by atomic mass is 10.1. The third kappa shape index (κ3) is 3.66. The Balaban J connectivity index is 2.76. The Hall–Kier alpha value is -1.35. The summed E-state index contributed by atoms with van der Waals surface area (Å²) in [4.78, 5) is 0. The van der Waals surface area contributed by atoms with E-state index in [0.717, 1.165) is 17.6 Å². The van der Waals surface area contributed by atoms with E-state index in [1.165, 1.54) is 12.1 Å². The van der Waals surface area contributed by atoms with Gasteiger partial charge in [0.2, 0.25) is 0 Å². The highest BCUT2D eigenvalue weighted by atomic mass is 19.1. The summed E-state index contributed by atoms with van der Waals surface area (Å²) in [7, 11) is 0. The monoisotopic (exact) mass is 223 g/mol. The molecule has 0 radical (unpaired) electrons. The standard InChI is InChI=1S/C13H18FNO/c1-9(2)6-7-16-13-8-11(14)4-5-12(13)10(3)15/h4-5,8,10H,1,6-7,15H2,2-3H3/t10-/m1/s1. The summed E-state index contributed by atoms with van der Waals surface area (Å²) in [6, 6.07) is 4.26. The highest BCUT2D eigenvalue weighted by Gasteiger charge is 2.09. The first kappa shape index (κ1) is 12.7. The smallest absolute Gasteiger partial charge is 0.126 e. The van der Waals surface area contributed by atoms with Gasteiger partial charge in [0.1, 0.15) is 11.6 Å². The Morgan fingerprint density at radius 2 is 2.25 bits per heavy atom. The lowest BCUT2D eigenvalue weighted by Crippen LogP contribution is -2.09. The third-order valence-corrected chi connectivity index (χ3v) is 2.25. The van der Waals surface area contributed by atoms with Gasteiger partial charge < -0.3 is 10.5 Å². The fourth-order valence-electron chi connectivity index (χ4n) is 1.34. The predicted octanol–water partition coefficient (Wildman–Crippen LogP) is 3.19. The maximum absolute atomic E-state index is 13.1. The number of hydrogen-bond acceptors (Lipinski definition) is 2. The second kappa shape index (κ2) is 5.66. The van der Waals surface area contributed by atoms with Crippen LogP contribution in [0.15, 0.2) is 30.4 Å². The van der Waals surface area contributed by atoms with E-state index in [1.54, 1.807) is 6.07 Å². The fourth-order valence-corrected chi connectivity index (χ4v) is 1.34. The van der Waals surface area contributed by atoms with E-state index in [-0.39, 0.29) is 11.9 Å². The molecule has 1 aromatic rings. The van der Waals surface area contributed by atoms with Gasteiger partial charge in [0.25, 0.3) is 0 Å². The van der Waals surface area contributed by atoms with Crippen LogP contribution in [0.2, 0.25) is 0 Å². The minimum atomic E-state index is -0.310. The Morgan fingerprint density at radius 1 is 1.56 bits per heavy atom. The minimum Gasteiger partial charge on any atom is -0.493 e. The summed E-state index contributed by atoms with van der Waals surface area (Å²) in [5, 5.41) is 0. The summed E-state index contributed by atoms with van der Waals surface area (Å²) < 4.78 is 18.6. The van der Waals surface area contributed by atoms with Gasteiger partial charge in [-0.1, -0.05) is 11.6 Å². The van der Waals surface area contributed by atoms with Crippen molar-refractivity contribution in [1.29, 1.82) is 0 Å². The van der Waals surface area contributed by atoms with Gasteiger partial charge in [-0.15, -0.1) is 6.58 Å². The second-order valence-electron chi connectivity index (χ2n) is 4.03. The van der Waals surface area contributed by atoms with Crippen LogP contribution in [0.3, 0.4) is 0 Å². The lowest BCUT2D eigenvalue weighted by Gasteiger charge is -2.14. The van der Waals surface area contributed by atoms with E-state index in [1.807, 2.05) is 13.8 Å². The van der Waals surface area contributed by atoms with Gasteiger partial charge in [0.05, 0.1) is 6.61 Å². The summed E-state index contributed by atoms with van der Waals surface area (Å²) in [6.07, 6.45) is 0.759. The Morgan fingerprint density at radius 3 is 2.81 bits per heavy atom. The van der Waals surface area contributed by atoms with Gasteiger partial charge in [-0.05, 0) is 19.9 Å². The summed E-state index contributed by atoms with van der Waals surface area (Å²) in [6.45, 7) is 8.06. The molecule has 0 saturated carbocycles. The number of ether oxygens (including phenoxy) is 1. The Kier molecular flexibility index (Phi) is 4.50. The highest BCUT2D eigenvalue weighted by molar-refractivity contribution is 5.36. The van der Waals surface area contributed by atoms with Crippen molar-refractivity contribution in [1.82, 2.24) is 0 Å². The van der Waals surface area contributed by atoms with Crippen molar-refractivity contribution in [2.75, 3.05) is 6.61 Å². The molecule has 0 heterocycles. The summed E-state index contributed by atoms with van der Waals surface area (Å²) in [5.41, 5.74) is 7.64. The van der Waals surface area contributed by atoms with Crippen molar-refractivity contribution in [2.24, 2.45) is 5.73 Å². The molecule has 1 atom stereocenters. The molecule has 0 aliphatic heterocycles. The predicted molar refractivity (Wildman–Crippen MR) is 63.9 cm³/mol. The minimum absolute atomic E-state index is 0.166. The van der Waals surface area contributed by atoms with Crippen molar-refractivity contribution in [2.45, 2.75) is 26.3 Å². The number of rotatable bonds is 5. The van der Waals surface area contributed by atoms with Crippen molar-refractivity contribution in [3.8, 4) is 5.75 Å². The van der Waals surface area contributed by atoms with Gasteiger partial charge >= 0.3 is 0 Å². The molecule has 2 nitrogen and oxygen atoms in total. The van der Waals surface area contributed by atoms with E-state index in [0.29, 0.717) is 12.4 Å². The average Bonchev–Trinajstić information content (AvgIpc) is 2.16. The molecule has 88 valence electrons. The molecule has 2 N–H and O–H groups in total. The number of nitrogens with two attached hydrogens (primary N) is 1. The van der Waals surface area contributed by atoms with Gasteiger partial charge in [-0.2, -0.15) is 0 Å². The van der Waals surface area contributed by atoms with E-state index in [9.17, 15) is 4.39 Å². The first-order valence-electron chi connectivity index (χ1n) is 5.33. The van der Waals surface area contributed by atoms with Crippen LogP contribution in [-0.2, 0) is 0 Å². The molecule has 0 fully saturated rings. The molecule has 0 amide bonds. The first-order valence-corrected chi connectivity index (χ1v) is 5.33. The van der Waals surface area contributed by atoms with E-state index in [4.69, 9.17) is 10.5 Å². The van der Waals surface area contributed by atoms with Crippen LogP contribution < -0.4 is 10.5 Å². The third-order valence-electron chi connectivity index (χ3n) is 2.25. The largest absolute Gasteiger partial charge is 0.493 e. The summed E-state index contributed by atoms with van der Waals surface area (Å²) >= 11 is 0. The quantitative estimate of drug-likeness (QED) is 0.778. The summed E-state index contributed by atoms with van der Waals surface area (Å²) in [5.74, 6) is 0.214. The van der Waals surface area contributed by atoms with Gasteiger partial charge in [0, 0.05) is 24.1 Å². The van der Waals surface area contributed by atoms with Gasteiger partial charge in [-0.25, -0.2) is 4.39 Å². The van der Waals surface area contributed by atoms with Crippen LogP contribution in [0.5, 0.6) is 5.75 Å². The molecule has 16 heavy (non-hydrogen) atoms. The van der Waals surface area contributed by atoms with Crippen LogP contribution in [0, 0.1) is 5.82 Å². The van der Waals surface area contributed by atoms with E-state index in [2.05, 4.69) is 6.58 Å². The molecule has 1 aromatic carbocycles. The maximum Gasteiger partial charge on any atom is 0.126 e. The molecule has 0 aliphatic carbocycles. The zero-order valence-corrected chi connectivity index (χ0v) is 9.79. The molecule has 0 bridgehead atoms. The molecule has 0 unspecified atom stereocenters. The molecule has 0 spiro atoms. The Bertz CT molecular complexity index is 374. The van der Waals surface area contributed by atoms with Crippen molar-refractivity contribution < 1.29 is 9.13 Å². The number of benzene rings is 1. The van der Waals surface area contributed by atoms with Crippen molar-refractivity contribution in [3.63, 3.8) is 0 Å². The van der Waals surface area contributed by atoms with Crippen LogP contribution in [0.4, 0.5) is 4.39 Å².